The van der Waals surface area contributed by atoms with Crippen molar-refractivity contribution in [1.29, 1.82) is 0 Å². The normalized spacial score (nSPS) is 11.8. The van der Waals surface area contributed by atoms with Crippen LogP contribution < -0.4 is 0 Å². The van der Waals surface area contributed by atoms with Gasteiger partial charge in [-0.15, -0.1) is 0 Å². The number of fused-ring (bicyclic) bond motifs is 7. The molecule has 48 heavy (non-hydrogen) atoms. The van der Waals surface area contributed by atoms with E-state index in [9.17, 15) is 0 Å². The number of nitrogens with zero attached hydrogens (tertiary/aromatic N) is 4. The molecule has 0 atom stereocenters. The molecule has 7 aromatic carbocycles. The number of hydrogen-bond acceptors (Lipinski definition) is 4. The first-order valence-electron chi connectivity index (χ1n) is 16.0. The van der Waals surface area contributed by atoms with Crippen LogP contribution in [0.1, 0.15) is 0 Å². The Morgan fingerprint density at radius 2 is 1.04 bits per heavy atom. The molecule has 0 aliphatic heterocycles. The van der Waals surface area contributed by atoms with E-state index in [0.29, 0.717) is 17.5 Å². The Balaban J connectivity index is 1.15. The molecule has 0 fully saturated rings. The SMILES string of the molecule is c1ccc(-c2nc(-c3ccc(-n4c5ccccc5c5cc6ccccc6cc54)cc3)nc(-c3cccc4oc5ccccc5c34)n2)cc1. The van der Waals surface area contributed by atoms with Crippen molar-refractivity contribution in [2.45, 2.75) is 0 Å². The smallest absolute Gasteiger partial charge is 0.164 e. The monoisotopic (exact) mass is 614 g/mol. The first-order valence-corrected chi connectivity index (χ1v) is 16.0. The molecule has 0 saturated heterocycles. The zero-order valence-electron chi connectivity index (χ0n) is 25.7. The molecular weight excluding hydrogens is 589 g/mol. The molecule has 10 rings (SSSR count). The lowest BCUT2D eigenvalue weighted by Gasteiger charge is -2.11. The van der Waals surface area contributed by atoms with Gasteiger partial charge >= 0.3 is 0 Å². The molecule has 0 saturated carbocycles. The Morgan fingerprint density at radius 1 is 0.417 bits per heavy atom. The van der Waals surface area contributed by atoms with Crippen molar-refractivity contribution >= 4 is 54.5 Å². The van der Waals surface area contributed by atoms with Crippen molar-refractivity contribution in [2.75, 3.05) is 0 Å². The summed E-state index contributed by atoms with van der Waals surface area (Å²) in [5, 5.41) is 6.97. The van der Waals surface area contributed by atoms with Crippen LogP contribution in [0.25, 0.3) is 94.4 Å². The summed E-state index contributed by atoms with van der Waals surface area (Å²) in [6.07, 6.45) is 0. The van der Waals surface area contributed by atoms with Gasteiger partial charge in [0.1, 0.15) is 11.2 Å². The highest BCUT2D eigenvalue weighted by Crippen LogP contribution is 2.38. The maximum Gasteiger partial charge on any atom is 0.164 e. The quantitative estimate of drug-likeness (QED) is 0.198. The molecule has 3 heterocycles. The fraction of sp³-hybridized carbons (Fsp3) is 0. The van der Waals surface area contributed by atoms with E-state index in [0.717, 1.165) is 44.3 Å². The van der Waals surface area contributed by atoms with Crippen molar-refractivity contribution in [3.8, 4) is 39.9 Å². The minimum Gasteiger partial charge on any atom is -0.456 e. The summed E-state index contributed by atoms with van der Waals surface area (Å²) in [5.41, 5.74) is 7.82. The molecule has 5 nitrogen and oxygen atoms in total. The molecular formula is C43H26N4O. The van der Waals surface area contributed by atoms with Crippen molar-refractivity contribution < 1.29 is 4.42 Å². The molecule has 0 spiro atoms. The molecule has 0 unspecified atom stereocenters. The highest BCUT2D eigenvalue weighted by atomic mass is 16.3. The third kappa shape index (κ3) is 4.15. The predicted molar refractivity (Wildman–Crippen MR) is 195 cm³/mol. The van der Waals surface area contributed by atoms with Gasteiger partial charge in [-0.3, -0.25) is 0 Å². The van der Waals surface area contributed by atoms with Crippen molar-refractivity contribution in [3.05, 3.63) is 158 Å². The van der Waals surface area contributed by atoms with Gasteiger partial charge in [0.15, 0.2) is 17.5 Å². The van der Waals surface area contributed by atoms with E-state index < -0.39 is 0 Å². The van der Waals surface area contributed by atoms with Crippen molar-refractivity contribution in [3.63, 3.8) is 0 Å². The van der Waals surface area contributed by atoms with Crippen LogP contribution in [-0.2, 0) is 0 Å². The topological polar surface area (TPSA) is 56.7 Å². The minimum atomic E-state index is 0.606. The second kappa shape index (κ2) is 10.5. The van der Waals surface area contributed by atoms with Gasteiger partial charge in [0, 0.05) is 43.9 Å². The average molecular weight is 615 g/mol. The molecule has 0 radical (unpaired) electrons. The third-order valence-electron chi connectivity index (χ3n) is 9.23. The first kappa shape index (κ1) is 26.6. The van der Waals surface area contributed by atoms with E-state index in [1.807, 2.05) is 60.7 Å². The molecule has 10 aromatic rings. The molecule has 224 valence electrons. The zero-order valence-corrected chi connectivity index (χ0v) is 25.7. The Hall–Kier alpha value is -6.59. The van der Waals surface area contributed by atoms with Crippen molar-refractivity contribution in [2.24, 2.45) is 0 Å². The van der Waals surface area contributed by atoms with E-state index in [1.165, 1.54) is 32.6 Å². The Labute approximate surface area is 275 Å². The maximum atomic E-state index is 6.20. The average Bonchev–Trinajstić information content (AvgIpc) is 3.69. The van der Waals surface area contributed by atoms with E-state index in [-0.39, 0.29) is 0 Å². The van der Waals surface area contributed by atoms with Crippen LogP contribution in [0.15, 0.2) is 162 Å². The van der Waals surface area contributed by atoms with E-state index in [2.05, 4.69) is 102 Å². The van der Waals surface area contributed by atoms with Gasteiger partial charge in [0.25, 0.3) is 0 Å². The summed E-state index contributed by atoms with van der Waals surface area (Å²) in [6, 6.07) is 54.5. The lowest BCUT2D eigenvalue weighted by molar-refractivity contribution is 0.669. The van der Waals surface area contributed by atoms with Crippen LogP contribution in [-0.4, -0.2) is 19.5 Å². The third-order valence-corrected chi connectivity index (χ3v) is 9.23. The molecule has 0 amide bonds. The standard InChI is InChI=1S/C43H26N4O/c1-2-11-27(12-3-1)41-44-42(46-43(45-41)34-17-10-20-39-40(34)33-16-7-9-19-38(33)48-39)28-21-23-31(24-22-28)47-36-18-8-6-15-32(36)35-25-29-13-4-5-14-30(29)26-37(35)47/h1-26H. The molecule has 5 heteroatoms. The number of para-hydroxylation sites is 2. The fourth-order valence-electron chi connectivity index (χ4n) is 7.00. The number of hydrogen-bond donors (Lipinski definition) is 0. The van der Waals surface area contributed by atoms with E-state index in [4.69, 9.17) is 19.4 Å². The van der Waals surface area contributed by atoms with Crippen LogP contribution in [0.4, 0.5) is 0 Å². The number of aromatic nitrogens is 4. The summed E-state index contributed by atoms with van der Waals surface area (Å²) < 4.78 is 8.55. The molecule has 0 aliphatic rings. The fourth-order valence-corrected chi connectivity index (χ4v) is 7.00. The Bertz CT molecular complexity index is 2830. The van der Waals surface area contributed by atoms with Gasteiger partial charge < -0.3 is 8.98 Å². The van der Waals surface area contributed by atoms with Gasteiger partial charge in [-0.1, -0.05) is 103 Å². The van der Waals surface area contributed by atoms with Crippen LogP contribution in [0.3, 0.4) is 0 Å². The molecule has 0 N–H and O–H groups in total. The highest BCUT2D eigenvalue weighted by Gasteiger charge is 2.18. The van der Waals surface area contributed by atoms with Crippen LogP contribution >= 0.6 is 0 Å². The number of furan rings is 1. The van der Waals surface area contributed by atoms with Crippen LogP contribution in [0, 0.1) is 0 Å². The summed E-state index contributed by atoms with van der Waals surface area (Å²) in [5.74, 6) is 1.84. The van der Waals surface area contributed by atoms with Gasteiger partial charge in [-0.05, 0) is 65.4 Å². The number of rotatable bonds is 4. The predicted octanol–water partition coefficient (Wildman–Crippen LogP) is 11.0. The number of benzene rings is 7. The van der Waals surface area contributed by atoms with Crippen molar-refractivity contribution in [1.82, 2.24) is 19.5 Å². The lowest BCUT2D eigenvalue weighted by atomic mass is 10.1. The Morgan fingerprint density at radius 3 is 1.85 bits per heavy atom. The lowest BCUT2D eigenvalue weighted by Crippen LogP contribution is -2.01. The largest absolute Gasteiger partial charge is 0.456 e. The van der Waals surface area contributed by atoms with Gasteiger partial charge in [0.2, 0.25) is 0 Å². The Kier molecular flexibility index (Phi) is 5.81. The first-order chi connectivity index (χ1) is 23.8. The molecule has 0 bridgehead atoms. The van der Waals surface area contributed by atoms with E-state index >= 15 is 0 Å². The summed E-state index contributed by atoms with van der Waals surface area (Å²) in [7, 11) is 0. The highest BCUT2D eigenvalue weighted by molar-refractivity contribution is 6.14. The van der Waals surface area contributed by atoms with Crippen LogP contribution in [0.5, 0.6) is 0 Å². The molecule has 3 aromatic heterocycles. The van der Waals surface area contributed by atoms with Crippen LogP contribution in [0.2, 0.25) is 0 Å². The summed E-state index contributed by atoms with van der Waals surface area (Å²) in [4.78, 5) is 15.1. The zero-order chi connectivity index (χ0) is 31.6. The maximum absolute atomic E-state index is 6.20. The molecule has 0 aliphatic carbocycles. The van der Waals surface area contributed by atoms with Gasteiger partial charge in [-0.2, -0.15) is 0 Å². The van der Waals surface area contributed by atoms with Gasteiger partial charge in [0.05, 0.1) is 11.0 Å². The second-order valence-corrected chi connectivity index (χ2v) is 12.1. The van der Waals surface area contributed by atoms with E-state index in [1.54, 1.807) is 0 Å². The summed E-state index contributed by atoms with van der Waals surface area (Å²) >= 11 is 0. The second-order valence-electron chi connectivity index (χ2n) is 12.1. The summed E-state index contributed by atoms with van der Waals surface area (Å²) in [6.45, 7) is 0. The van der Waals surface area contributed by atoms with Gasteiger partial charge in [-0.25, -0.2) is 15.0 Å². The minimum absolute atomic E-state index is 0.606.